The Morgan fingerprint density at radius 2 is 1.87 bits per heavy atom. The molecule has 0 aliphatic rings. The third-order valence-corrected chi connectivity index (χ3v) is 3.18. The van der Waals surface area contributed by atoms with Crippen molar-refractivity contribution in [3.63, 3.8) is 0 Å². The molecule has 2 N–H and O–H groups in total. The minimum absolute atomic E-state index is 0.215. The van der Waals surface area contributed by atoms with Crippen LogP contribution in [-0.2, 0) is 16.0 Å². The predicted molar refractivity (Wildman–Crippen MR) is 89.3 cm³/mol. The van der Waals surface area contributed by atoms with Crippen LogP contribution in [0.15, 0.2) is 43.0 Å². The second-order valence-electron chi connectivity index (χ2n) is 6.63. The minimum atomic E-state index is -0.987. The standard InChI is InChI=1S/C18H25NO4/c1-5-11-18(13-15(20)21,12-14-9-7-6-8-10-14)19-16(22)23-17(2,3)4/h5-10H,1,11-13H2,2-4H3,(H,19,22)(H,20,21)/t18-/m0/s1. The van der Waals surface area contributed by atoms with Gasteiger partial charge in [-0.1, -0.05) is 36.4 Å². The first-order valence-electron chi connectivity index (χ1n) is 7.54. The first-order chi connectivity index (χ1) is 10.7. The van der Waals surface area contributed by atoms with E-state index in [1.54, 1.807) is 26.8 Å². The lowest BCUT2D eigenvalue weighted by Crippen LogP contribution is -2.52. The quantitative estimate of drug-likeness (QED) is 0.754. The number of carbonyl (C=O) groups excluding carboxylic acids is 1. The van der Waals surface area contributed by atoms with Crippen LogP contribution in [0.5, 0.6) is 0 Å². The van der Waals surface area contributed by atoms with Gasteiger partial charge in [0.1, 0.15) is 5.60 Å². The maximum atomic E-state index is 12.2. The number of aliphatic carboxylic acids is 1. The molecule has 0 radical (unpaired) electrons. The van der Waals surface area contributed by atoms with Crippen molar-refractivity contribution in [2.24, 2.45) is 0 Å². The molecule has 0 aromatic heterocycles. The van der Waals surface area contributed by atoms with Gasteiger partial charge in [-0.05, 0) is 39.2 Å². The summed E-state index contributed by atoms with van der Waals surface area (Å²) in [4.78, 5) is 23.5. The summed E-state index contributed by atoms with van der Waals surface area (Å²) in [5.41, 5.74) is -0.691. The van der Waals surface area contributed by atoms with E-state index in [1.165, 1.54) is 0 Å². The zero-order valence-electron chi connectivity index (χ0n) is 14.0. The molecule has 0 aliphatic carbocycles. The minimum Gasteiger partial charge on any atom is -0.481 e. The number of carbonyl (C=O) groups is 2. The van der Waals surface area contributed by atoms with E-state index in [4.69, 9.17) is 4.74 Å². The van der Waals surface area contributed by atoms with Crippen LogP contribution in [0.3, 0.4) is 0 Å². The maximum absolute atomic E-state index is 12.2. The number of carboxylic acid groups (broad SMARTS) is 1. The molecule has 1 atom stereocenters. The number of carboxylic acids is 1. The lowest BCUT2D eigenvalue weighted by Gasteiger charge is -2.34. The Bertz CT molecular complexity index is 548. The largest absolute Gasteiger partial charge is 0.481 e. The van der Waals surface area contributed by atoms with Gasteiger partial charge in [-0.2, -0.15) is 0 Å². The molecule has 1 aromatic carbocycles. The fraction of sp³-hybridized carbons (Fsp3) is 0.444. The highest BCUT2D eigenvalue weighted by atomic mass is 16.6. The lowest BCUT2D eigenvalue weighted by molar-refractivity contribution is -0.138. The normalized spacial score (nSPS) is 13.7. The second kappa shape index (κ2) is 7.81. The van der Waals surface area contributed by atoms with Crippen molar-refractivity contribution in [3.05, 3.63) is 48.6 Å². The highest BCUT2D eigenvalue weighted by Crippen LogP contribution is 2.23. The average molecular weight is 319 g/mol. The number of amides is 1. The van der Waals surface area contributed by atoms with Gasteiger partial charge in [-0.3, -0.25) is 4.79 Å². The number of hydrogen-bond donors (Lipinski definition) is 2. The first kappa shape index (κ1) is 18.7. The van der Waals surface area contributed by atoms with Crippen LogP contribution < -0.4 is 5.32 Å². The molecule has 126 valence electrons. The van der Waals surface area contributed by atoms with Gasteiger partial charge in [0.25, 0.3) is 0 Å². The Labute approximate surface area is 137 Å². The number of ether oxygens (including phenoxy) is 1. The molecule has 0 bridgehead atoms. The van der Waals surface area contributed by atoms with Crippen molar-refractivity contribution in [1.29, 1.82) is 0 Å². The third-order valence-electron chi connectivity index (χ3n) is 3.18. The summed E-state index contributed by atoms with van der Waals surface area (Å²) in [5, 5.41) is 12.0. The van der Waals surface area contributed by atoms with Gasteiger partial charge in [0, 0.05) is 0 Å². The van der Waals surface area contributed by atoms with E-state index >= 15 is 0 Å². The van der Waals surface area contributed by atoms with E-state index in [9.17, 15) is 14.7 Å². The molecule has 0 saturated carbocycles. The molecule has 23 heavy (non-hydrogen) atoms. The Hall–Kier alpha value is -2.30. The molecule has 1 rings (SSSR count). The van der Waals surface area contributed by atoms with Crippen molar-refractivity contribution < 1.29 is 19.4 Å². The molecule has 0 heterocycles. The van der Waals surface area contributed by atoms with Gasteiger partial charge in [-0.25, -0.2) is 4.79 Å². The first-order valence-corrected chi connectivity index (χ1v) is 7.54. The van der Waals surface area contributed by atoms with Crippen LogP contribution in [-0.4, -0.2) is 28.3 Å². The summed E-state index contributed by atoms with van der Waals surface area (Å²) in [7, 11) is 0. The summed E-state index contributed by atoms with van der Waals surface area (Å²) in [6.45, 7) is 8.97. The molecule has 0 unspecified atom stereocenters. The summed E-state index contributed by atoms with van der Waals surface area (Å²) >= 11 is 0. The van der Waals surface area contributed by atoms with Gasteiger partial charge >= 0.3 is 12.1 Å². The van der Waals surface area contributed by atoms with Crippen molar-refractivity contribution in [2.75, 3.05) is 0 Å². The molecule has 0 saturated heterocycles. The maximum Gasteiger partial charge on any atom is 0.408 e. The molecule has 0 aliphatic heterocycles. The van der Waals surface area contributed by atoms with Crippen LogP contribution in [0.25, 0.3) is 0 Å². The SMILES string of the molecule is C=CC[C@@](CC(=O)O)(Cc1ccccc1)NC(=O)OC(C)(C)C. The van der Waals surface area contributed by atoms with Crippen molar-refractivity contribution >= 4 is 12.1 Å². The monoisotopic (exact) mass is 319 g/mol. The van der Waals surface area contributed by atoms with Gasteiger partial charge in [-0.15, -0.1) is 6.58 Å². The topological polar surface area (TPSA) is 75.6 Å². The van der Waals surface area contributed by atoms with Gasteiger partial charge in [0.2, 0.25) is 0 Å². The smallest absolute Gasteiger partial charge is 0.408 e. The van der Waals surface area contributed by atoms with Crippen molar-refractivity contribution in [3.8, 4) is 0 Å². The van der Waals surface area contributed by atoms with Crippen LogP contribution in [0.1, 0.15) is 39.2 Å². The lowest BCUT2D eigenvalue weighted by atomic mass is 9.84. The van der Waals surface area contributed by atoms with E-state index in [-0.39, 0.29) is 6.42 Å². The number of hydrogen-bond acceptors (Lipinski definition) is 3. The highest BCUT2D eigenvalue weighted by Gasteiger charge is 2.35. The molecule has 0 spiro atoms. The van der Waals surface area contributed by atoms with Crippen molar-refractivity contribution in [2.45, 2.75) is 51.2 Å². The third kappa shape index (κ3) is 7.00. The van der Waals surface area contributed by atoms with Crippen LogP contribution in [0.4, 0.5) is 4.79 Å². The molecule has 5 nitrogen and oxygen atoms in total. The zero-order valence-corrected chi connectivity index (χ0v) is 14.0. The van der Waals surface area contributed by atoms with Crippen LogP contribution in [0.2, 0.25) is 0 Å². The fourth-order valence-electron chi connectivity index (χ4n) is 2.42. The summed E-state index contributed by atoms with van der Waals surface area (Å²) < 4.78 is 5.28. The summed E-state index contributed by atoms with van der Waals surface area (Å²) in [6, 6.07) is 9.44. The molecule has 1 amide bonds. The molecule has 0 fully saturated rings. The molecular formula is C18H25NO4. The van der Waals surface area contributed by atoms with Crippen LogP contribution >= 0.6 is 0 Å². The van der Waals surface area contributed by atoms with E-state index in [1.807, 2.05) is 30.3 Å². The van der Waals surface area contributed by atoms with Crippen LogP contribution in [0, 0.1) is 0 Å². The van der Waals surface area contributed by atoms with E-state index in [0.29, 0.717) is 12.8 Å². The van der Waals surface area contributed by atoms with E-state index in [0.717, 1.165) is 5.56 Å². The van der Waals surface area contributed by atoms with Gasteiger partial charge in [0.15, 0.2) is 0 Å². The number of nitrogens with one attached hydrogen (secondary N) is 1. The Kier molecular flexibility index (Phi) is 6.37. The fourth-order valence-corrected chi connectivity index (χ4v) is 2.42. The van der Waals surface area contributed by atoms with Crippen molar-refractivity contribution in [1.82, 2.24) is 5.32 Å². The molecular weight excluding hydrogens is 294 g/mol. The number of rotatable bonds is 7. The molecule has 5 heteroatoms. The number of benzene rings is 1. The predicted octanol–water partition coefficient (Wildman–Crippen LogP) is 3.54. The summed E-state index contributed by atoms with van der Waals surface area (Å²) in [6.07, 6.45) is 1.48. The van der Waals surface area contributed by atoms with E-state index < -0.39 is 23.2 Å². The number of alkyl carbamates (subject to hydrolysis) is 1. The van der Waals surface area contributed by atoms with Gasteiger partial charge < -0.3 is 15.2 Å². The van der Waals surface area contributed by atoms with E-state index in [2.05, 4.69) is 11.9 Å². The average Bonchev–Trinajstić information content (AvgIpc) is 2.36. The Morgan fingerprint density at radius 3 is 2.35 bits per heavy atom. The summed E-state index contributed by atoms with van der Waals surface area (Å²) in [5.74, 6) is -0.987. The Balaban J connectivity index is 3.04. The zero-order chi connectivity index (χ0) is 17.5. The second-order valence-corrected chi connectivity index (χ2v) is 6.63. The van der Waals surface area contributed by atoms with Gasteiger partial charge in [0.05, 0.1) is 12.0 Å². The Morgan fingerprint density at radius 1 is 1.26 bits per heavy atom. The molecule has 1 aromatic rings. The highest BCUT2D eigenvalue weighted by molar-refractivity contribution is 5.73.